The summed E-state index contributed by atoms with van der Waals surface area (Å²) < 4.78 is 9.55. The highest BCUT2D eigenvalue weighted by atomic mass is 32.1. The summed E-state index contributed by atoms with van der Waals surface area (Å²) in [4.78, 5) is 3.85. The number of rotatable bonds is 3. The Morgan fingerprint density at radius 3 is 1.57 bits per heavy atom. The lowest BCUT2D eigenvalue weighted by atomic mass is 9.98. The van der Waals surface area contributed by atoms with Gasteiger partial charge in [0, 0.05) is 58.1 Å². The fourth-order valence-electron chi connectivity index (χ4n) is 8.97. The molecule has 4 nitrogen and oxygen atoms in total. The lowest BCUT2D eigenvalue weighted by molar-refractivity contribution is 1.14. The van der Waals surface area contributed by atoms with Crippen LogP contribution in [0.5, 0.6) is 0 Å². The van der Waals surface area contributed by atoms with Crippen molar-refractivity contribution in [3.63, 3.8) is 0 Å². The summed E-state index contributed by atoms with van der Waals surface area (Å²) >= 11 is 3.61. The van der Waals surface area contributed by atoms with Crippen LogP contribution in [0.3, 0.4) is 0 Å². The van der Waals surface area contributed by atoms with Gasteiger partial charge in [-0.1, -0.05) is 115 Å². The first-order valence-electron chi connectivity index (χ1n) is 18.4. The van der Waals surface area contributed by atoms with Crippen molar-refractivity contribution in [3.05, 3.63) is 175 Å². The van der Waals surface area contributed by atoms with Crippen molar-refractivity contribution in [2.45, 2.75) is 0 Å². The van der Waals surface area contributed by atoms with Crippen LogP contribution in [0.15, 0.2) is 158 Å². The molecule has 0 N–H and O–H groups in total. The Balaban J connectivity index is 1.27. The molecule has 0 saturated heterocycles. The lowest BCUT2D eigenvalue weighted by Crippen LogP contribution is -2.04. The molecule has 4 aromatic heterocycles. The highest BCUT2D eigenvalue weighted by Gasteiger charge is 2.24. The monoisotopic (exact) mass is 746 g/mol. The van der Waals surface area contributed by atoms with Gasteiger partial charge in [-0.3, -0.25) is 0 Å². The number of nitriles is 1. The Labute approximate surface area is 328 Å². The fourth-order valence-corrected chi connectivity index (χ4v) is 11.5. The molecule has 6 heteroatoms. The molecule has 0 atom stereocenters. The predicted molar refractivity (Wildman–Crippen MR) is 237 cm³/mol. The molecule has 12 rings (SSSR count). The number of nitrogens with zero attached hydrogens (tertiary/aromatic N) is 4. The standard InChI is InChI=1S/C50H26N4S2/c1-52-31-12-10-11-29(25-31)40-27-43(53-41-17-6-2-13-32(41)36-21-23-38-34-15-4-8-19-45(34)55-49(38)47(36)53)30(28-51)26-44(40)54-42-18-7-3-14-33(42)37-22-24-39-35-16-5-9-20-46(35)56-50(39)48(37)54/h2-27H. The van der Waals surface area contributed by atoms with Gasteiger partial charge in [-0.2, -0.15) is 5.26 Å². The van der Waals surface area contributed by atoms with Crippen molar-refractivity contribution in [1.82, 2.24) is 9.13 Å². The van der Waals surface area contributed by atoms with Gasteiger partial charge in [0.2, 0.25) is 0 Å². The molecular formula is C50H26N4S2. The maximum atomic E-state index is 11.2. The van der Waals surface area contributed by atoms with Crippen molar-refractivity contribution < 1.29 is 0 Å². The summed E-state index contributed by atoms with van der Waals surface area (Å²) in [6.45, 7) is 7.95. The fraction of sp³-hybridized carbons (Fsp3) is 0. The van der Waals surface area contributed by atoms with Crippen LogP contribution in [0.2, 0.25) is 0 Å². The van der Waals surface area contributed by atoms with E-state index in [2.05, 4.69) is 160 Å². The predicted octanol–water partition coefficient (Wildman–Crippen LogP) is 14.7. The van der Waals surface area contributed by atoms with Gasteiger partial charge in [-0.05, 0) is 48.0 Å². The highest BCUT2D eigenvalue weighted by molar-refractivity contribution is 7.27. The van der Waals surface area contributed by atoms with Crippen LogP contribution in [-0.2, 0) is 0 Å². The normalized spacial score (nSPS) is 11.9. The van der Waals surface area contributed by atoms with Crippen molar-refractivity contribution in [1.29, 1.82) is 5.26 Å². The number of aromatic nitrogens is 2. The Hall–Kier alpha value is -7.22. The third kappa shape index (κ3) is 4.20. The first kappa shape index (κ1) is 31.2. The van der Waals surface area contributed by atoms with Crippen LogP contribution < -0.4 is 0 Å². The van der Waals surface area contributed by atoms with Crippen LogP contribution >= 0.6 is 22.7 Å². The van der Waals surface area contributed by atoms with E-state index in [0.29, 0.717) is 11.3 Å². The van der Waals surface area contributed by atoms with E-state index < -0.39 is 0 Å². The quantitative estimate of drug-likeness (QED) is 0.166. The average molecular weight is 747 g/mol. The van der Waals surface area contributed by atoms with Gasteiger partial charge in [0.25, 0.3) is 0 Å². The Bertz CT molecular complexity index is 3750. The molecule has 12 aromatic rings. The molecular weight excluding hydrogens is 721 g/mol. The molecule has 0 aliphatic rings. The van der Waals surface area contributed by atoms with Gasteiger partial charge < -0.3 is 9.13 Å². The van der Waals surface area contributed by atoms with E-state index >= 15 is 0 Å². The minimum absolute atomic E-state index is 0.567. The molecule has 0 saturated carbocycles. The molecule has 0 spiro atoms. The summed E-state index contributed by atoms with van der Waals surface area (Å²) in [6.07, 6.45) is 0. The summed E-state index contributed by atoms with van der Waals surface area (Å²) in [7, 11) is 0. The van der Waals surface area contributed by atoms with Gasteiger partial charge in [0.1, 0.15) is 6.07 Å². The number of hydrogen-bond acceptors (Lipinski definition) is 3. The molecule has 0 fully saturated rings. The molecule has 4 heterocycles. The van der Waals surface area contributed by atoms with Crippen LogP contribution in [-0.4, -0.2) is 9.13 Å². The zero-order chi connectivity index (χ0) is 37.1. The second kappa shape index (κ2) is 11.6. The van der Waals surface area contributed by atoms with E-state index in [1.807, 2.05) is 29.5 Å². The largest absolute Gasteiger partial charge is 0.307 e. The van der Waals surface area contributed by atoms with Gasteiger partial charge in [0.05, 0.1) is 55.0 Å². The van der Waals surface area contributed by atoms with E-state index in [-0.39, 0.29) is 0 Å². The molecule has 0 aliphatic heterocycles. The van der Waals surface area contributed by atoms with Crippen LogP contribution in [0.4, 0.5) is 5.69 Å². The van der Waals surface area contributed by atoms with Crippen molar-refractivity contribution in [3.8, 4) is 28.6 Å². The number of para-hydroxylation sites is 2. The second-order valence-corrected chi connectivity index (χ2v) is 16.3. The average Bonchev–Trinajstić information content (AvgIpc) is 4.01. The second-order valence-electron chi connectivity index (χ2n) is 14.2. The van der Waals surface area contributed by atoms with E-state index in [4.69, 9.17) is 6.57 Å². The Morgan fingerprint density at radius 1 is 0.482 bits per heavy atom. The van der Waals surface area contributed by atoms with E-state index in [9.17, 15) is 5.26 Å². The van der Waals surface area contributed by atoms with Crippen LogP contribution in [0, 0.1) is 17.9 Å². The van der Waals surface area contributed by atoms with Gasteiger partial charge >= 0.3 is 0 Å². The minimum Gasteiger partial charge on any atom is -0.307 e. The van der Waals surface area contributed by atoms with E-state index in [0.717, 1.165) is 66.1 Å². The molecule has 0 radical (unpaired) electrons. The molecule has 0 unspecified atom stereocenters. The SMILES string of the molecule is [C-]#[N+]c1cccc(-c2cc(-n3c4ccccc4c4ccc5c6ccccc6sc5c43)c(C#N)cc2-n2c3ccccc3c3ccc4c5ccccc5sc4c32)c1. The molecule has 0 bridgehead atoms. The summed E-state index contributed by atoms with van der Waals surface area (Å²) in [5, 5.41) is 20.7. The van der Waals surface area contributed by atoms with Gasteiger partial charge in [0.15, 0.2) is 5.69 Å². The zero-order valence-corrected chi connectivity index (χ0v) is 31.2. The molecule has 56 heavy (non-hydrogen) atoms. The third-order valence-electron chi connectivity index (χ3n) is 11.4. The van der Waals surface area contributed by atoms with Crippen LogP contribution in [0.25, 0.3) is 111 Å². The number of benzene rings is 8. The minimum atomic E-state index is 0.567. The first-order chi connectivity index (χ1) is 27.7. The third-order valence-corrected chi connectivity index (χ3v) is 13.7. The Morgan fingerprint density at radius 2 is 1.00 bits per heavy atom. The summed E-state index contributed by atoms with van der Waals surface area (Å²) in [6, 6.07) is 58.1. The molecule has 0 amide bonds. The molecule has 0 aliphatic carbocycles. The van der Waals surface area contributed by atoms with Crippen molar-refractivity contribution in [2.24, 2.45) is 0 Å². The Kier molecular flexibility index (Phi) is 6.48. The summed E-state index contributed by atoms with van der Waals surface area (Å²) in [5.74, 6) is 0. The maximum Gasteiger partial charge on any atom is 0.187 e. The number of thiophene rings is 2. The van der Waals surface area contributed by atoms with E-state index in [1.54, 1.807) is 11.3 Å². The maximum absolute atomic E-state index is 11.2. The smallest absolute Gasteiger partial charge is 0.187 e. The molecule has 8 aromatic carbocycles. The summed E-state index contributed by atoms with van der Waals surface area (Å²) in [5.41, 5.74) is 9.03. The van der Waals surface area contributed by atoms with E-state index in [1.165, 1.54) is 40.3 Å². The topological polar surface area (TPSA) is 38.0 Å². The highest BCUT2D eigenvalue weighted by Crippen LogP contribution is 2.47. The number of hydrogen-bond donors (Lipinski definition) is 0. The zero-order valence-electron chi connectivity index (χ0n) is 29.6. The van der Waals surface area contributed by atoms with Crippen molar-refractivity contribution >= 4 is 112 Å². The van der Waals surface area contributed by atoms with Crippen LogP contribution in [0.1, 0.15) is 5.56 Å². The number of fused-ring (bicyclic) bond motifs is 14. The lowest BCUT2D eigenvalue weighted by Gasteiger charge is -2.19. The molecule has 258 valence electrons. The first-order valence-corrected chi connectivity index (χ1v) is 20.1. The van der Waals surface area contributed by atoms with Crippen molar-refractivity contribution in [2.75, 3.05) is 0 Å². The van der Waals surface area contributed by atoms with Gasteiger partial charge in [-0.15, -0.1) is 22.7 Å². The van der Waals surface area contributed by atoms with Gasteiger partial charge in [-0.25, -0.2) is 4.85 Å².